The molecule has 3 rings (SSSR count). The quantitative estimate of drug-likeness (QED) is 0.764. The van der Waals surface area contributed by atoms with Gasteiger partial charge in [-0.2, -0.15) is 4.72 Å². The number of rotatable bonds is 7. The van der Waals surface area contributed by atoms with Crippen molar-refractivity contribution in [2.75, 3.05) is 18.0 Å². The van der Waals surface area contributed by atoms with Crippen molar-refractivity contribution in [2.45, 2.75) is 37.2 Å². The summed E-state index contributed by atoms with van der Waals surface area (Å²) in [5, 5.41) is 2.78. The first-order valence-electron chi connectivity index (χ1n) is 9.15. The zero-order chi connectivity index (χ0) is 19.3. The summed E-state index contributed by atoms with van der Waals surface area (Å²) in [6.07, 6.45) is 2.46. The number of amides is 1. The fourth-order valence-electron chi connectivity index (χ4n) is 3.10. The van der Waals surface area contributed by atoms with Crippen LogP contribution in [0.2, 0.25) is 0 Å². The Kier molecular flexibility index (Phi) is 6.13. The molecule has 1 aliphatic heterocycles. The van der Waals surface area contributed by atoms with Gasteiger partial charge in [0, 0.05) is 25.3 Å². The van der Waals surface area contributed by atoms with Crippen molar-refractivity contribution in [1.82, 2.24) is 10.0 Å². The molecule has 1 atom stereocenters. The number of nitrogens with zero attached hydrogens (tertiary/aromatic N) is 1. The standard InChI is InChI=1S/C20H25N3O3S/c1-16(22-27(25,26)19-7-3-2-4-8-19)20(24)21-15-17-9-11-18(12-10-17)23-13-5-6-14-23/h2-4,7-12,16,22H,5-6,13-15H2,1H3,(H,21,24)/t16-/m0/s1. The van der Waals surface area contributed by atoms with E-state index in [2.05, 4.69) is 27.1 Å². The molecule has 2 N–H and O–H groups in total. The summed E-state index contributed by atoms with van der Waals surface area (Å²) >= 11 is 0. The minimum Gasteiger partial charge on any atom is -0.372 e. The average Bonchev–Trinajstić information content (AvgIpc) is 3.21. The molecule has 0 radical (unpaired) electrons. The van der Waals surface area contributed by atoms with Crippen molar-refractivity contribution in [2.24, 2.45) is 0 Å². The molecule has 0 spiro atoms. The lowest BCUT2D eigenvalue weighted by molar-refractivity contribution is -0.122. The van der Waals surface area contributed by atoms with E-state index in [1.165, 1.54) is 37.6 Å². The lowest BCUT2D eigenvalue weighted by Gasteiger charge is -2.18. The molecule has 0 saturated carbocycles. The molecule has 1 fully saturated rings. The maximum atomic E-state index is 12.3. The lowest BCUT2D eigenvalue weighted by Crippen LogP contribution is -2.44. The SMILES string of the molecule is C[C@H](NS(=O)(=O)c1ccccc1)C(=O)NCc1ccc(N2CCCC2)cc1. The zero-order valence-electron chi connectivity index (χ0n) is 15.4. The van der Waals surface area contributed by atoms with Gasteiger partial charge < -0.3 is 10.2 Å². The summed E-state index contributed by atoms with van der Waals surface area (Å²) in [7, 11) is -3.72. The minimum atomic E-state index is -3.72. The Morgan fingerprint density at radius 1 is 1.04 bits per heavy atom. The summed E-state index contributed by atoms with van der Waals surface area (Å²) in [6.45, 7) is 4.08. The zero-order valence-corrected chi connectivity index (χ0v) is 16.2. The van der Waals surface area contributed by atoms with E-state index in [-0.39, 0.29) is 10.8 Å². The smallest absolute Gasteiger partial charge is 0.241 e. The van der Waals surface area contributed by atoms with Gasteiger partial charge in [0.2, 0.25) is 15.9 Å². The van der Waals surface area contributed by atoms with Crippen molar-refractivity contribution in [3.05, 3.63) is 60.2 Å². The molecule has 1 amide bonds. The van der Waals surface area contributed by atoms with E-state index < -0.39 is 16.1 Å². The molecule has 6 nitrogen and oxygen atoms in total. The normalized spacial score (nSPS) is 15.5. The monoisotopic (exact) mass is 387 g/mol. The number of benzene rings is 2. The molecule has 0 aliphatic carbocycles. The highest BCUT2D eigenvalue weighted by Crippen LogP contribution is 2.20. The van der Waals surface area contributed by atoms with Crippen molar-refractivity contribution in [3.63, 3.8) is 0 Å². The third kappa shape index (κ3) is 5.08. The predicted molar refractivity (Wildman–Crippen MR) is 106 cm³/mol. The van der Waals surface area contributed by atoms with Gasteiger partial charge in [-0.15, -0.1) is 0 Å². The lowest BCUT2D eigenvalue weighted by atomic mass is 10.2. The Morgan fingerprint density at radius 2 is 1.67 bits per heavy atom. The largest absolute Gasteiger partial charge is 0.372 e. The Labute approximate surface area is 160 Å². The van der Waals surface area contributed by atoms with Crippen molar-refractivity contribution < 1.29 is 13.2 Å². The molecule has 2 aromatic carbocycles. The summed E-state index contributed by atoms with van der Waals surface area (Å²) in [5.74, 6) is -0.363. The number of sulfonamides is 1. The highest BCUT2D eigenvalue weighted by molar-refractivity contribution is 7.89. The fourth-order valence-corrected chi connectivity index (χ4v) is 4.32. The van der Waals surface area contributed by atoms with Gasteiger partial charge in [0.05, 0.1) is 10.9 Å². The fraction of sp³-hybridized carbons (Fsp3) is 0.350. The third-order valence-corrected chi connectivity index (χ3v) is 6.21. The number of hydrogen-bond donors (Lipinski definition) is 2. The Balaban J connectivity index is 1.52. The van der Waals surface area contributed by atoms with E-state index in [9.17, 15) is 13.2 Å². The summed E-state index contributed by atoms with van der Waals surface area (Å²) in [5.41, 5.74) is 2.18. The maximum Gasteiger partial charge on any atom is 0.241 e. The molecule has 1 saturated heterocycles. The Morgan fingerprint density at radius 3 is 2.30 bits per heavy atom. The van der Waals surface area contributed by atoms with Gasteiger partial charge in [-0.1, -0.05) is 30.3 Å². The molecule has 0 unspecified atom stereocenters. The summed E-state index contributed by atoms with van der Waals surface area (Å²) in [4.78, 5) is 14.7. The van der Waals surface area contributed by atoms with Crippen LogP contribution in [0.3, 0.4) is 0 Å². The van der Waals surface area contributed by atoms with Crippen molar-refractivity contribution in [3.8, 4) is 0 Å². The highest BCUT2D eigenvalue weighted by Gasteiger charge is 2.21. The second-order valence-electron chi connectivity index (χ2n) is 6.73. The van der Waals surface area contributed by atoms with E-state index in [1.807, 2.05) is 12.1 Å². The van der Waals surface area contributed by atoms with Gasteiger partial charge in [-0.05, 0) is 49.6 Å². The second-order valence-corrected chi connectivity index (χ2v) is 8.45. The van der Waals surface area contributed by atoms with Gasteiger partial charge in [0.25, 0.3) is 0 Å². The van der Waals surface area contributed by atoms with Gasteiger partial charge >= 0.3 is 0 Å². The Hall–Kier alpha value is -2.38. The molecular formula is C20H25N3O3S. The van der Waals surface area contributed by atoms with Crippen LogP contribution in [0.15, 0.2) is 59.5 Å². The van der Waals surface area contributed by atoms with E-state index in [1.54, 1.807) is 18.2 Å². The van der Waals surface area contributed by atoms with Crippen LogP contribution in [0, 0.1) is 0 Å². The Bertz CT molecular complexity index is 861. The molecule has 1 heterocycles. The molecule has 0 aromatic heterocycles. The van der Waals surface area contributed by atoms with Crippen molar-refractivity contribution >= 4 is 21.6 Å². The molecule has 144 valence electrons. The second kappa shape index (κ2) is 8.54. The average molecular weight is 388 g/mol. The van der Waals surface area contributed by atoms with Gasteiger partial charge in [-0.3, -0.25) is 4.79 Å². The van der Waals surface area contributed by atoms with Crippen LogP contribution in [0.1, 0.15) is 25.3 Å². The van der Waals surface area contributed by atoms with Crippen LogP contribution in [0.5, 0.6) is 0 Å². The summed E-state index contributed by atoms with van der Waals surface area (Å²) < 4.78 is 27.0. The predicted octanol–water partition coefficient (Wildman–Crippen LogP) is 2.27. The van der Waals surface area contributed by atoms with E-state index in [0.29, 0.717) is 6.54 Å². The van der Waals surface area contributed by atoms with Crippen LogP contribution in [-0.4, -0.2) is 33.5 Å². The molecular weight excluding hydrogens is 362 g/mol. The molecule has 2 aromatic rings. The number of nitrogens with one attached hydrogen (secondary N) is 2. The van der Waals surface area contributed by atoms with Gasteiger partial charge in [-0.25, -0.2) is 8.42 Å². The topological polar surface area (TPSA) is 78.5 Å². The third-order valence-electron chi connectivity index (χ3n) is 4.65. The first-order valence-corrected chi connectivity index (χ1v) is 10.6. The number of carbonyl (C=O) groups is 1. The van der Waals surface area contributed by atoms with E-state index in [4.69, 9.17) is 0 Å². The summed E-state index contributed by atoms with van der Waals surface area (Å²) in [6, 6.07) is 15.3. The first-order chi connectivity index (χ1) is 13.0. The maximum absolute atomic E-state index is 12.3. The van der Waals surface area contributed by atoms with E-state index >= 15 is 0 Å². The van der Waals surface area contributed by atoms with Gasteiger partial charge in [0.15, 0.2) is 0 Å². The van der Waals surface area contributed by atoms with Crippen LogP contribution in [0.4, 0.5) is 5.69 Å². The number of carbonyl (C=O) groups excluding carboxylic acids is 1. The van der Waals surface area contributed by atoms with E-state index in [0.717, 1.165) is 18.7 Å². The minimum absolute atomic E-state index is 0.141. The van der Waals surface area contributed by atoms with Crippen LogP contribution >= 0.6 is 0 Å². The van der Waals surface area contributed by atoms with Crippen LogP contribution < -0.4 is 14.9 Å². The van der Waals surface area contributed by atoms with Crippen molar-refractivity contribution in [1.29, 1.82) is 0 Å². The molecule has 0 bridgehead atoms. The van der Waals surface area contributed by atoms with Crippen LogP contribution in [0.25, 0.3) is 0 Å². The number of hydrogen-bond acceptors (Lipinski definition) is 4. The molecule has 1 aliphatic rings. The highest BCUT2D eigenvalue weighted by atomic mass is 32.2. The number of anilines is 1. The van der Waals surface area contributed by atoms with Gasteiger partial charge in [0.1, 0.15) is 0 Å². The first kappa shape index (κ1) is 19.4. The molecule has 27 heavy (non-hydrogen) atoms. The van der Waals surface area contributed by atoms with Crippen LogP contribution in [-0.2, 0) is 21.4 Å². The molecule has 7 heteroatoms.